The molecule has 0 aliphatic carbocycles. The second-order valence-electron chi connectivity index (χ2n) is 4.85. The summed E-state index contributed by atoms with van der Waals surface area (Å²) < 4.78 is 5.70. The molecule has 1 atom stereocenters. The Balaban J connectivity index is 1.70. The third kappa shape index (κ3) is 4.16. The first-order valence-electron chi connectivity index (χ1n) is 6.58. The molecule has 1 aromatic rings. The van der Waals surface area contributed by atoms with E-state index in [-0.39, 0.29) is 0 Å². The number of hydrogen-bond donors (Lipinski definition) is 1. The third-order valence-electron chi connectivity index (χ3n) is 3.43. The number of nitrogens with two attached hydrogens (primary N) is 1. The van der Waals surface area contributed by atoms with Crippen LogP contribution in [0.1, 0.15) is 12.8 Å². The lowest BCUT2D eigenvalue weighted by molar-refractivity contribution is 0.149. The summed E-state index contributed by atoms with van der Waals surface area (Å²) in [6.45, 7) is 4.77. The zero-order valence-corrected chi connectivity index (χ0v) is 11.4. The average molecular weight is 269 g/mol. The quantitative estimate of drug-likeness (QED) is 0.891. The predicted molar refractivity (Wildman–Crippen MR) is 75.2 cm³/mol. The summed E-state index contributed by atoms with van der Waals surface area (Å²) in [6, 6.07) is 7.51. The van der Waals surface area contributed by atoms with Crippen molar-refractivity contribution in [2.24, 2.45) is 11.7 Å². The topological polar surface area (TPSA) is 38.5 Å². The standard InChI is InChI=1S/C14H21ClN2O/c15-13-3-5-14(6-4-13)18-9-8-17-7-1-2-12(10-16)11-17/h3-6,12H,1-2,7-11,16H2. The van der Waals surface area contributed by atoms with Crippen LogP contribution in [0, 0.1) is 5.92 Å². The van der Waals surface area contributed by atoms with Crippen LogP contribution in [0.3, 0.4) is 0 Å². The van der Waals surface area contributed by atoms with Crippen molar-refractivity contribution in [2.75, 3.05) is 32.8 Å². The Hall–Kier alpha value is -0.770. The largest absolute Gasteiger partial charge is 0.492 e. The van der Waals surface area contributed by atoms with E-state index in [2.05, 4.69) is 4.90 Å². The molecule has 0 amide bonds. The zero-order chi connectivity index (χ0) is 12.8. The van der Waals surface area contributed by atoms with Crippen LogP contribution in [0.4, 0.5) is 0 Å². The van der Waals surface area contributed by atoms with E-state index in [0.29, 0.717) is 5.92 Å². The van der Waals surface area contributed by atoms with Crippen LogP contribution in [0.5, 0.6) is 5.75 Å². The third-order valence-corrected chi connectivity index (χ3v) is 3.68. The van der Waals surface area contributed by atoms with Gasteiger partial charge in [-0.1, -0.05) is 11.6 Å². The monoisotopic (exact) mass is 268 g/mol. The number of likely N-dealkylation sites (tertiary alicyclic amines) is 1. The van der Waals surface area contributed by atoms with Crippen LogP contribution in [0.2, 0.25) is 5.02 Å². The molecule has 2 N–H and O–H groups in total. The van der Waals surface area contributed by atoms with Gasteiger partial charge < -0.3 is 10.5 Å². The van der Waals surface area contributed by atoms with Crippen LogP contribution in [-0.2, 0) is 0 Å². The molecule has 0 radical (unpaired) electrons. The number of nitrogens with zero attached hydrogens (tertiary/aromatic N) is 1. The van der Waals surface area contributed by atoms with E-state index in [0.717, 1.165) is 37.0 Å². The minimum atomic E-state index is 0.661. The molecule has 1 aromatic carbocycles. The molecule has 0 aromatic heterocycles. The summed E-state index contributed by atoms with van der Waals surface area (Å²) in [5.74, 6) is 1.54. The van der Waals surface area contributed by atoms with Gasteiger partial charge in [0.05, 0.1) is 0 Å². The summed E-state index contributed by atoms with van der Waals surface area (Å²) in [4.78, 5) is 2.44. The Morgan fingerprint density at radius 3 is 2.83 bits per heavy atom. The molecule has 4 heteroatoms. The molecule has 100 valence electrons. The highest BCUT2D eigenvalue weighted by Crippen LogP contribution is 2.17. The summed E-state index contributed by atoms with van der Waals surface area (Å²) in [5.41, 5.74) is 5.73. The number of ether oxygens (including phenoxy) is 1. The van der Waals surface area contributed by atoms with Gasteiger partial charge >= 0.3 is 0 Å². The van der Waals surface area contributed by atoms with Gasteiger partial charge in [-0.25, -0.2) is 0 Å². The summed E-state index contributed by atoms with van der Waals surface area (Å²) in [6.07, 6.45) is 2.52. The molecule has 1 fully saturated rings. The first-order valence-corrected chi connectivity index (χ1v) is 6.96. The van der Waals surface area contributed by atoms with Crippen molar-refractivity contribution in [2.45, 2.75) is 12.8 Å². The van der Waals surface area contributed by atoms with Gasteiger partial charge in [0.15, 0.2) is 0 Å². The molecular weight excluding hydrogens is 248 g/mol. The van der Waals surface area contributed by atoms with Crippen LogP contribution in [0.25, 0.3) is 0 Å². The van der Waals surface area contributed by atoms with E-state index < -0.39 is 0 Å². The van der Waals surface area contributed by atoms with Crippen molar-refractivity contribution in [3.63, 3.8) is 0 Å². The van der Waals surface area contributed by atoms with Crippen LogP contribution in [-0.4, -0.2) is 37.7 Å². The molecule has 0 bridgehead atoms. The van der Waals surface area contributed by atoms with Crippen molar-refractivity contribution >= 4 is 11.6 Å². The molecule has 2 rings (SSSR count). The van der Waals surface area contributed by atoms with Crippen LogP contribution < -0.4 is 10.5 Å². The first-order chi connectivity index (χ1) is 8.78. The van der Waals surface area contributed by atoms with E-state index in [1.807, 2.05) is 24.3 Å². The maximum atomic E-state index is 5.82. The van der Waals surface area contributed by atoms with Gasteiger partial charge in [0.25, 0.3) is 0 Å². The fourth-order valence-corrected chi connectivity index (χ4v) is 2.50. The number of halogens is 1. The lowest BCUT2D eigenvalue weighted by atomic mass is 9.98. The molecule has 1 heterocycles. The highest BCUT2D eigenvalue weighted by atomic mass is 35.5. The minimum absolute atomic E-state index is 0.661. The smallest absolute Gasteiger partial charge is 0.119 e. The normalized spacial score (nSPS) is 20.9. The molecule has 3 nitrogen and oxygen atoms in total. The number of benzene rings is 1. The Morgan fingerprint density at radius 1 is 1.33 bits per heavy atom. The van der Waals surface area contributed by atoms with Crippen molar-refractivity contribution in [1.82, 2.24) is 4.90 Å². The molecule has 1 unspecified atom stereocenters. The van der Waals surface area contributed by atoms with Gasteiger partial charge in [0.1, 0.15) is 12.4 Å². The lowest BCUT2D eigenvalue weighted by Crippen LogP contribution is -2.40. The van der Waals surface area contributed by atoms with Gasteiger partial charge in [-0.3, -0.25) is 4.90 Å². The number of hydrogen-bond acceptors (Lipinski definition) is 3. The Bertz CT molecular complexity index is 355. The van der Waals surface area contributed by atoms with E-state index in [1.54, 1.807) is 0 Å². The van der Waals surface area contributed by atoms with E-state index in [4.69, 9.17) is 22.1 Å². The summed E-state index contributed by atoms with van der Waals surface area (Å²) in [5, 5.41) is 0.740. The highest BCUT2D eigenvalue weighted by Gasteiger charge is 2.18. The molecule has 18 heavy (non-hydrogen) atoms. The van der Waals surface area contributed by atoms with Gasteiger partial charge in [-0.05, 0) is 56.1 Å². The van der Waals surface area contributed by atoms with Gasteiger partial charge in [0, 0.05) is 18.1 Å². The first kappa shape index (κ1) is 13.7. The molecule has 1 aliphatic rings. The number of piperidine rings is 1. The molecule has 1 aliphatic heterocycles. The fraction of sp³-hybridized carbons (Fsp3) is 0.571. The Kier molecular flexibility index (Phi) is 5.29. The van der Waals surface area contributed by atoms with Crippen molar-refractivity contribution in [3.8, 4) is 5.75 Å². The SMILES string of the molecule is NCC1CCCN(CCOc2ccc(Cl)cc2)C1. The maximum Gasteiger partial charge on any atom is 0.119 e. The van der Waals surface area contributed by atoms with Gasteiger partial charge in [-0.15, -0.1) is 0 Å². The van der Waals surface area contributed by atoms with E-state index in [1.165, 1.54) is 19.4 Å². The Morgan fingerprint density at radius 2 is 2.11 bits per heavy atom. The fourth-order valence-electron chi connectivity index (χ4n) is 2.37. The average Bonchev–Trinajstić information content (AvgIpc) is 2.41. The second-order valence-corrected chi connectivity index (χ2v) is 5.28. The summed E-state index contributed by atoms with van der Waals surface area (Å²) in [7, 11) is 0. The lowest BCUT2D eigenvalue weighted by Gasteiger charge is -2.31. The molecule has 1 saturated heterocycles. The van der Waals surface area contributed by atoms with Crippen molar-refractivity contribution in [1.29, 1.82) is 0 Å². The summed E-state index contributed by atoms with van der Waals surface area (Å²) >= 11 is 5.82. The van der Waals surface area contributed by atoms with Gasteiger partial charge in [-0.2, -0.15) is 0 Å². The van der Waals surface area contributed by atoms with Crippen LogP contribution >= 0.6 is 11.6 Å². The van der Waals surface area contributed by atoms with Crippen LogP contribution in [0.15, 0.2) is 24.3 Å². The number of rotatable bonds is 5. The Labute approximate surface area is 114 Å². The maximum absolute atomic E-state index is 5.82. The highest BCUT2D eigenvalue weighted by molar-refractivity contribution is 6.30. The molecule has 0 spiro atoms. The van der Waals surface area contributed by atoms with E-state index in [9.17, 15) is 0 Å². The van der Waals surface area contributed by atoms with Gasteiger partial charge in [0.2, 0.25) is 0 Å². The molecule has 0 saturated carbocycles. The molecular formula is C14H21ClN2O. The zero-order valence-electron chi connectivity index (χ0n) is 10.6. The van der Waals surface area contributed by atoms with E-state index >= 15 is 0 Å². The minimum Gasteiger partial charge on any atom is -0.492 e. The van der Waals surface area contributed by atoms with Crippen molar-refractivity contribution in [3.05, 3.63) is 29.3 Å². The van der Waals surface area contributed by atoms with Crippen molar-refractivity contribution < 1.29 is 4.74 Å². The second kappa shape index (κ2) is 6.98. The predicted octanol–water partition coefficient (Wildman–Crippen LogP) is 2.39.